The maximum Gasteiger partial charge on any atom is 0.313 e. The van der Waals surface area contributed by atoms with E-state index in [1.807, 2.05) is 11.5 Å². The fourth-order valence-corrected chi connectivity index (χ4v) is 2.87. The molecule has 0 aliphatic carbocycles. The second-order valence-electron chi connectivity index (χ2n) is 3.65. The van der Waals surface area contributed by atoms with Gasteiger partial charge in [-0.1, -0.05) is 18.7 Å². The van der Waals surface area contributed by atoms with Gasteiger partial charge in [-0.2, -0.15) is 16.7 Å². The van der Waals surface area contributed by atoms with Crippen molar-refractivity contribution in [2.24, 2.45) is 0 Å². The topological polar surface area (TPSA) is 72.2 Å². The first-order valence-corrected chi connectivity index (χ1v) is 7.70. The Balaban J connectivity index is 2.88. The summed E-state index contributed by atoms with van der Waals surface area (Å²) in [6, 6.07) is 1.58. The van der Waals surface area contributed by atoms with E-state index >= 15 is 0 Å². The van der Waals surface area contributed by atoms with Crippen LogP contribution in [0.4, 0.5) is 0 Å². The van der Waals surface area contributed by atoms with Crippen LogP contribution in [0.5, 0.6) is 0 Å². The molecule has 0 aliphatic rings. The van der Waals surface area contributed by atoms with Gasteiger partial charge in [0.1, 0.15) is 0 Å². The van der Waals surface area contributed by atoms with Gasteiger partial charge in [0.2, 0.25) is 0 Å². The van der Waals surface area contributed by atoms with Crippen molar-refractivity contribution in [1.29, 1.82) is 0 Å². The molecule has 7 heteroatoms. The summed E-state index contributed by atoms with van der Waals surface area (Å²) in [7, 11) is 0. The van der Waals surface area contributed by atoms with Crippen molar-refractivity contribution >= 4 is 29.5 Å². The number of thioether (sulfide) groups is 2. The molecule has 0 fully saturated rings. The van der Waals surface area contributed by atoms with Crippen molar-refractivity contribution in [3.05, 3.63) is 22.6 Å². The summed E-state index contributed by atoms with van der Waals surface area (Å²) in [5.74, 6) is 0.918. The van der Waals surface area contributed by atoms with Crippen molar-refractivity contribution in [1.82, 2.24) is 9.55 Å². The molecule has 1 aromatic rings. The number of aliphatic carboxylic acids is 1. The predicted octanol–water partition coefficient (Wildman–Crippen LogP) is 1.73. The van der Waals surface area contributed by atoms with Gasteiger partial charge in [0.15, 0.2) is 5.16 Å². The Morgan fingerprint density at radius 1 is 1.61 bits per heavy atom. The van der Waals surface area contributed by atoms with Crippen molar-refractivity contribution in [3.63, 3.8) is 0 Å². The lowest BCUT2D eigenvalue weighted by Gasteiger charge is -2.18. The summed E-state index contributed by atoms with van der Waals surface area (Å²) >= 11 is 2.87. The van der Waals surface area contributed by atoms with Gasteiger partial charge in [0.05, 0.1) is 5.75 Å². The highest BCUT2D eigenvalue weighted by Crippen LogP contribution is 2.20. The van der Waals surface area contributed by atoms with E-state index in [0.29, 0.717) is 5.16 Å². The maximum atomic E-state index is 11.2. The number of carboxylic acid groups (broad SMARTS) is 1. The zero-order valence-electron chi connectivity index (χ0n) is 10.3. The van der Waals surface area contributed by atoms with E-state index < -0.39 is 5.97 Å². The van der Waals surface area contributed by atoms with Gasteiger partial charge in [0.25, 0.3) is 5.56 Å². The van der Waals surface area contributed by atoms with Gasteiger partial charge >= 0.3 is 5.97 Å². The van der Waals surface area contributed by atoms with Crippen molar-refractivity contribution < 1.29 is 9.90 Å². The Morgan fingerprint density at radius 3 is 2.94 bits per heavy atom. The average Bonchev–Trinajstić information content (AvgIpc) is 2.33. The molecule has 0 radical (unpaired) electrons. The standard InChI is InChI=1S/C11H16N2O3S2/c1-3-17-6-8(2)13-5-4-9(14)12-11(13)18-7-10(15)16/h4-5,8H,3,6-7H2,1-2H3,(H,15,16). The first kappa shape index (κ1) is 15.1. The zero-order valence-corrected chi connectivity index (χ0v) is 12.0. The quantitative estimate of drug-likeness (QED) is 0.608. The molecule has 1 N–H and O–H groups in total. The van der Waals surface area contributed by atoms with Crippen LogP contribution in [0.25, 0.3) is 0 Å². The Morgan fingerprint density at radius 2 is 2.33 bits per heavy atom. The van der Waals surface area contributed by atoms with Gasteiger partial charge in [-0.25, -0.2) is 0 Å². The number of hydrogen-bond acceptors (Lipinski definition) is 5. The average molecular weight is 288 g/mol. The molecule has 1 aromatic heterocycles. The van der Waals surface area contributed by atoms with Crippen molar-refractivity contribution in [2.75, 3.05) is 17.3 Å². The molecule has 1 rings (SSSR count). The smallest absolute Gasteiger partial charge is 0.313 e. The first-order valence-electron chi connectivity index (χ1n) is 5.56. The van der Waals surface area contributed by atoms with Gasteiger partial charge < -0.3 is 9.67 Å². The van der Waals surface area contributed by atoms with E-state index in [0.717, 1.165) is 23.3 Å². The second kappa shape index (κ2) is 7.48. The Labute approximate surface area is 114 Å². The van der Waals surface area contributed by atoms with Gasteiger partial charge in [-0.3, -0.25) is 9.59 Å². The lowest BCUT2D eigenvalue weighted by molar-refractivity contribution is -0.133. The molecular weight excluding hydrogens is 272 g/mol. The van der Waals surface area contributed by atoms with E-state index in [-0.39, 0.29) is 17.4 Å². The number of carboxylic acids is 1. The Bertz CT molecular complexity index is 462. The minimum atomic E-state index is -0.916. The van der Waals surface area contributed by atoms with E-state index in [9.17, 15) is 9.59 Å². The monoisotopic (exact) mass is 288 g/mol. The summed E-state index contributed by atoms with van der Waals surface area (Å²) in [5.41, 5.74) is -0.338. The summed E-state index contributed by atoms with van der Waals surface area (Å²) in [4.78, 5) is 25.7. The largest absolute Gasteiger partial charge is 0.481 e. The highest BCUT2D eigenvalue weighted by Gasteiger charge is 2.11. The molecule has 1 atom stereocenters. The third-order valence-corrected chi connectivity index (χ3v) is 4.25. The molecule has 1 heterocycles. The minimum absolute atomic E-state index is 0.0932. The van der Waals surface area contributed by atoms with Crippen LogP contribution < -0.4 is 5.56 Å². The summed E-state index contributed by atoms with van der Waals surface area (Å²) < 4.78 is 1.86. The number of nitrogens with zero attached hydrogens (tertiary/aromatic N) is 2. The van der Waals surface area contributed by atoms with Crippen LogP contribution in [0, 0.1) is 0 Å². The van der Waals surface area contributed by atoms with Crippen molar-refractivity contribution in [2.45, 2.75) is 25.0 Å². The summed E-state index contributed by atoms with van der Waals surface area (Å²) in [5, 5.41) is 9.14. The van der Waals surface area contributed by atoms with E-state index in [1.165, 1.54) is 6.07 Å². The molecule has 100 valence electrons. The predicted molar refractivity (Wildman–Crippen MR) is 74.6 cm³/mol. The van der Waals surface area contributed by atoms with Crippen LogP contribution in [0.3, 0.4) is 0 Å². The lowest BCUT2D eigenvalue weighted by Crippen LogP contribution is -2.18. The molecule has 0 saturated carbocycles. The molecule has 0 bridgehead atoms. The van der Waals surface area contributed by atoms with Crippen LogP contribution in [0.2, 0.25) is 0 Å². The fraction of sp³-hybridized carbons (Fsp3) is 0.545. The molecule has 0 saturated heterocycles. The molecule has 1 unspecified atom stereocenters. The van der Waals surface area contributed by atoms with E-state index in [2.05, 4.69) is 11.9 Å². The zero-order chi connectivity index (χ0) is 13.5. The SMILES string of the molecule is CCSCC(C)n1ccc(=O)nc1SCC(=O)O. The van der Waals surface area contributed by atoms with E-state index in [1.54, 1.807) is 18.0 Å². The number of rotatable bonds is 7. The van der Waals surface area contributed by atoms with Crippen LogP contribution in [0.1, 0.15) is 19.9 Å². The third-order valence-electron chi connectivity index (χ3n) is 2.17. The highest BCUT2D eigenvalue weighted by atomic mass is 32.2. The lowest BCUT2D eigenvalue weighted by atomic mass is 10.4. The fourth-order valence-electron chi connectivity index (χ4n) is 1.33. The van der Waals surface area contributed by atoms with Gasteiger partial charge in [-0.15, -0.1) is 0 Å². The first-order chi connectivity index (χ1) is 8.54. The number of hydrogen-bond donors (Lipinski definition) is 1. The van der Waals surface area contributed by atoms with Crippen LogP contribution in [-0.4, -0.2) is 37.9 Å². The normalized spacial score (nSPS) is 12.3. The molecule has 0 aliphatic heterocycles. The number of carbonyl (C=O) groups is 1. The Kier molecular flexibility index (Phi) is 6.28. The summed E-state index contributed by atoms with van der Waals surface area (Å²) in [6.45, 7) is 4.11. The third kappa shape index (κ3) is 4.73. The molecule has 0 spiro atoms. The molecular formula is C11H16N2O3S2. The molecule has 18 heavy (non-hydrogen) atoms. The number of aromatic nitrogens is 2. The Hall–Kier alpha value is -0.950. The van der Waals surface area contributed by atoms with Crippen molar-refractivity contribution in [3.8, 4) is 0 Å². The maximum absolute atomic E-state index is 11.2. The van der Waals surface area contributed by atoms with Gasteiger partial charge in [-0.05, 0) is 12.7 Å². The molecule has 0 amide bonds. The highest BCUT2D eigenvalue weighted by molar-refractivity contribution is 7.99. The minimum Gasteiger partial charge on any atom is -0.481 e. The van der Waals surface area contributed by atoms with Crippen LogP contribution in [-0.2, 0) is 4.79 Å². The van der Waals surface area contributed by atoms with E-state index in [4.69, 9.17) is 5.11 Å². The molecule has 5 nitrogen and oxygen atoms in total. The second-order valence-corrected chi connectivity index (χ2v) is 5.91. The van der Waals surface area contributed by atoms with Crippen LogP contribution in [0.15, 0.2) is 22.2 Å². The molecule has 0 aromatic carbocycles. The summed E-state index contributed by atoms with van der Waals surface area (Å²) in [6.07, 6.45) is 1.68. The van der Waals surface area contributed by atoms with Crippen LogP contribution >= 0.6 is 23.5 Å². The van der Waals surface area contributed by atoms with Gasteiger partial charge in [0, 0.05) is 24.1 Å².